The number of halogens is 3. The molecule has 2 nitrogen and oxygen atoms in total. The van der Waals surface area contributed by atoms with Crippen LogP contribution in [0.2, 0.25) is 10.0 Å². The molecule has 0 fully saturated rings. The SMILES string of the molecule is CC(C)(CCl)NC(=O)c1cc(Cl)ccc1Cl. The summed E-state index contributed by atoms with van der Waals surface area (Å²) in [4.78, 5) is 11.9. The Morgan fingerprint density at radius 3 is 2.56 bits per heavy atom. The van der Waals surface area contributed by atoms with Crippen molar-refractivity contribution in [1.29, 1.82) is 0 Å². The maximum atomic E-state index is 11.9. The van der Waals surface area contributed by atoms with Crippen LogP contribution in [0.3, 0.4) is 0 Å². The van der Waals surface area contributed by atoms with E-state index < -0.39 is 5.54 Å². The Balaban J connectivity index is 2.93. The zero-order valence-electron chi connectivity index (χ0n) is 8.98. The number of alkyl halides is 1. The van der Waals surface area contributed by atoms with Crippen LogP contribution in [0.1, 0.15) is 24.2 Å². The fourth-order valence-corrected chi connectivity index (χ4v) is 1.52. The Bertz CT molecular complexity index is 404. The Morgan fingerprint density at radius 1 is 1.38 bits per heavy atom. The van der Waals surface area contributed by atoms with Crippen LogP contribution in [0.5, 0.6) is 0 Å². The number of nitrogens with one attached hydrogen (secondary N) is 1. The molecule has 5 heteroatoms. The third-order valence-electron chi connectivity index (χ3n) is 1.96. The van der Waals surface area contributed by atoms with E-state index in [1.54, 1.807) is 12.1 Å². The summed E-state index contributed by atoms with van der Waals surface area (Å²) in [6, 6.07) is 4.75. The van der Waals surface area contributed by atoms with E-state index in [1.165, 1.54) is 6.07 Å². The number of carbonyl (C=O) groups is 1. The van der Waals surface area contributed by atoms with Crippen molar-refractivity contribution in [1.82, 2.24) is 5.32 Å². The summed E-state index contributed by atoms with van der Waals surface area (Å²) in [7, 11) is 0. The van der Waals surface area contributed by atoms with E-state index in [1.807, 2.05) is 13.8 Å². The summed E-state index contributed by atoms with van der Waals surface area (Å²) < 4.78 is 0. The van der Waals surface area contributed by atoms with E-state index in [4.69, 9.17) is 34.8 Å². The van der Waals surface area contributed by atoms with Crippen LogP contribution in [-0.2, 0) is 0 Å². The molecule has 0 saturated carbocycles. The standard InChI is InChI=1S/C11H12Cl3NO/c1-11(2,6-12)15-10(16)8-5-7(13)3-4-9(8)14/h3-5H,6H2,1-2H3,(H,15,16). The van der Waals surface area contributed by atoms with Crippen molar-refractivity contribution in [3.8, 4) is 0 Å². The van der Waals surface area contributed by atoms with Gasteiger partial charge in [-0.05, 0) is 32.0 Å². The predicted molar refractivity (Wildman–Crippen MR) is 68.7 cm³/mol. The van der Waals surface area contributed by atoms with Gasteiger partial charge in [0.1, 0.15) is 0 Å². The maximum absolute atomic E-state index is 11.9. The van der Waals surface area contributed by atoms with Crippen molar-refractivity contribution >= 4 is 40.7 Å². The van der Waals surface area contributed by atoms with E-state index in [0.29, 0.717) is 21.5 Å². The van der Waals surface area contributed by atoms with Gasteiger partial charge in [-0.25, -0.2) is 0 Å². The van der Waals surface area contributed by atoms with E-state index in [-0.39, 0.29) is 5.91 Å². The molecule has 1 amide bonds. The summed E-state index contributed by atoms with van der Waals surface area (Å²) in [6.07, 6.45) is 0. The minimum absolute atomic E-state index is 0.279. The summed E-state index contributed by atoms with van der Waals surface area (Å²) in [5.74, 6) is 0.0369. The lowest BCUT2D eigenvalue weighted by Crippen LogP contribution is -2.45. The predicted octanol–water partition coefficient (Wildman–Crippen LogP) is 3.74. The van der Waals surface area contributed by atoms with Crippen LogP contribution in [0.25, 0.3) is 0 Å². The highest BCUT2D eigenvalue weighted by Crippen LogP contribution is 2.21. The minimum atomic E-state index is -0.482. The second kappa shape index (κ2) is 5.26. The number of hydrogen-bond donors (Lipinski definition) is 1. The summed E-state index contributed by atoms with van der Waals surface area (Å²) in [5.41, 5.74) is -0.128. The molecule has 0 aliphatic carbocycles. The van der Waals surface area contributed by atoms with E-state index in [9.17, 15) is 4.79 Å². The Hall–Kier alpha value is -0.440. The molecule has 0 heterocycles. The molecular weight excluding hydrogens is 268 g/mol. The molecule has 16 heavy (non-hydrogen) atoms. The first-order valence-electron chi connectivity index (χ1n) is 4.69. The third-order valence-corrected chi connectivity index (χ3v) is 3.19. The number of benzene rings is 1. The number of amides is 1. The lowest BCUT2D eigenvalue weighted by molar-refractivity contribution is 0.0920. The lowest BCUT2D eigenvalue weighted by Gasteiger charge is -2.23. The fourth-order valence-electron chi connectivity index (χ4n) is 1.08. The van der Waals surface area contributed by atoms with Gasteiger partial charge in [0.25, 0.3) is 5.91 Å². The molecule has 0 radical (unpaired) electrons. The van der Waals surface area contributed by atoms with Crippen molar-refractivity contribution in [3.05, 3.63) is 33.8 Å². The van der Waals surface area contributed by atoms with Gasteiger partial charge < -0.3 is 5.32 Å². The maximum Gasteiger partial charge on any atom is 0.253 e. The highest BCUT2D eigenvalue weighted by molar-refractivity contribution is 6.35. The molecule has 1 rings (SSSR count). The van der Waals surface area contributed by atoms with Crippen LogP contribution in [-0.4, -0.2) is 17.3 Å². The monoisotopic (exact) mass is 279 g/mol. The molecule has 1 N–H and O–H groups in total. The smallest absolute Gasteiger partial charge is 0.253 e. The molecule has 0 atom stereocenters. The summed E-state index contributed by atoms with van der Waals surface area (Å²) in [6.45, 7) is 3.66. The van der Waals surface area contributed by atoms with Crippen LogP contribution in [0.4, 0.5) is 0 Å². The topological polar surface area (TPSA) is 29.1 Å². The summed E-state index contributed by atoms with van der Waals surface area (Å²) >= 11 is 17.4. The molecular formula is C11H12Cl3NO. The largest absolute Gasteiger partial charge is 0.346 e. The summed E-state index contributed by atoms with van der Waals surface area (Å²) in [5, 5.41) is 3.61. The number of carbonyl (C=O) groups excluding carboxylic acids is 1. The molecule has 88 valence electrons. The third kappa shape index (κ3) is 3.55. The molecule has 0 unspecified atom stereocenters. The van der Waals surface area contributed by atoms with Crippen molar-refractivity contribution in [2.45, 2.75) is 19.4 Å². The Kier molecular flexibility index (Phi) is 4.48. The average Bonchev–Trinajstić information content (AvgIpc) is 2.21. The van der Waals surface area contributed by atoms with Gasteiger partial charge in [0, 0.05) is 16.4 Å². The van der Waals surface area contributed by atoms with Crippen molar-refractivity contribution < 1.29 is 4.79 Å². The number of rotatable bonds is 3. The van der Waals surface area contributed by atoms with Gasteiger partial charge in [-0.15, -0.1) is 11.6 Å². The van der Waals surface area contributed by atoms with Gasteiger partial charge in [0.2, 0.25) is 0 Å². The van der Waals surface area contributed by atoms with Crippen LogP contribution in [0, 0.1) is 0 Å². The Morgan fingerprint density at radius 2 is 2.00 bits per heavy atom. The first-order chi connectivity index (χ1) is 7.35. The van der Waals surface area contributed by atoms with E-state index >= 15 is 0 Å². The van der Waals surface area contributed by atoms with Gasteiger partial charge in [-0.2, -0.15) is 0 Å². The van der Waals surface area contributed by atoms with Crippen molar-refractivity contribution in [3.63, 3.8) is 0 Å². The van der Waals surface area contributed by atoms with Gasteiger partial charge in [0.15, 0.2) is 0 Å². The van der Waals surface area contributed by atoms with Crippen LogP contribution >= 0.6 is 34.8 Å². The highest BCUT2D eigenvalue weighted by Gasteiger charge is 2.21. The zero-order chi connectivity index (χ0) is 12.3. The molecule has 0 aliphatic rings. The van der Waals surface area contributed by atoms with Gasteiger partial charge in [-0.1, -0.05) is 23.2 Å². The second-order valence-corrected chi connectivity index (χ2v) is 5.21. The van der Waals surface area contributed by atoms with Crippen LogP contribution < -0.4 is 5.32 Å². The Labute approximate surface area is 110 Å². The first kappa shape index (κ1) is 13.6. The van der Waals surface area contributed by atoms with Gasteiger partial charge >= 0.3 is 0 Å². The molecule has 0 bridgehead atoms. The van der Waals surface area contributed by atoms with Crippen LogP contribution in [0.15, 0.2) is 18.2 Å². The zero-order valence-corrected chi connectivity index (χ0v) is 11.2. The molecule has 0 spiro atoms. The first-order valence-corrected chi connectivity index (χ1v) is 5.98. The van der Waals surface area contributed by atoms with Crippen molar-refractivity contribution in [2.24, 2.45) is 0 Å². The normalized spacial score (nSPS) is 11.3. The average molecular weight is 281 g/mol. The molecule has 0 saturated heterocycles. The molecule has 1 aromatic carbocycles. The molecule has 0 aromatic heterocycles. The second-order valence-electron chi connectivity index (χ2n) is 4.10. The fraction of sp³-hybridized carbons (Fsp3) is 0.364. The van der Waals surface area contributed by atoms with Gasteiger partial charge in [0.05, 0.1) is 10.6 Å². The van der Waals surface area contributed by atoms with E-state index in [2.05, 4.69) is 5.32 Å². The molecule has 0 aliphatic heterocycles. The quantitative estimate of drug-likeness (QED) is 0.840. The highest BCUT2D eigenvalue weighted by atomic mass is 35.5. The van der Waals surface area contributed by atoms with Gasteiger partial charge in [-0.3, -0.25) is 4.79 Å². The van der Waals surface area contributed by atoms with Crippen molar-refractivity contribution in [2.75, 3.05) is 5.88 Å². The van der Waals surface area contributed by atoms with E-state index in [0.717, 1.165) is 0 Å². The number of hydrogen-bond acceptors (Lipinski definition) is 1. The minimum Gasteiger partial charge on any atom is -0.346 e. The molecule has 1 aromatic rings. The lowest BCUT2D eigenvalue weighted by atomic mass is 10.1.